The molecule has 0 bridgehead atoms. The topological polar surface area (TPSA) is 58.6 Å². The molecule has 1 heterocycles. The molecule has 0 aliphatic carbocycles. The molecule has 1 amide bonds. The number of ether oxygens (including phenoxy) is 1. The molecule has 23 heavy (non-hydrogen) atoms. The number of rotatable bonds is 6. The number of hydrogen-bond acceptors (Lipinski definition) is 4. The van der Waals surface area contributed by atoms with Crippen LogP contribution in [0.5, 0.6) is 0 Å². The van der Waals surface area contributed by atoms with E-state index >= 15 is 0 Å². The Morgan fingerprint density at radius 2 is 2.09 bits per heavy atom. The molecule has 1 N–H and O–H groups in total. The first kappa shape index (κ1) is 17.2. The molecule has 0 saturated carbocycles. The van der Waals surface area contributed by atoms with Gasteiger partial charge in [-0.3, -0.25) is 14.5 Å². The summed E-state index contributed by atoms with van der Waals surface area (Å²) in [7, 11) is 0. The first-order valence-corrected chi connectivity index (χ1v) is 7.92. The van der Waals surface area contributed by atoms with Crippen LogP contribution in [-0.4, -0.2) is 48.6 Å². The predicted molar refractivity (Wildman–Crippen MR) is 89.0 cm³/mol. The van der Waals surface area contributed by atoms with Gasteiger partial charge in [0, 0.05) is 25.9 Å². The van der Waals surface area contributed by atoms with Gasteiger partial charge in [0.2, 0.25) is 5.91 Å². The average molecular weight is 316 g/mol. The van der Waals surface area contributed by atoms with Crippen molar-refractivity contribution in [2.75, 3.05) is 19.7 Å². The van der Waals surface area contributed by atoms with Crippen LogP contribution in [-0.2, 0) is 14.3 Å². The van der Waals surface area contributed by atoms with Gasteiger partial charge in [-0.2, -0.15) is 0 Å². The highest BCUT2D eigenvalue weighted by atomic mass is 16.5. The molecular weight excluding hydrogens is 292 g/mol. The molecule has 1 aliphatic rings. The highest BCUT2D eigenvalue weighted by Gasteiger charge is 2.47. The van der Waals surface area contributed by atoms with Crippen molar-refractivity contribution in [1.82, 2.24) is 10.2 Å². The predicted octanol–water partition coefficient (Wildman–Crippen LogP) is 1.71. The smallest absolute Gasteiger partial charge is 0.324 e. The Balaban J connectivity index is 2.39. The molecule has 1 aromatic carbocycles. The zero-order chi connectivity index (χ0) is 16.8. The minimum absolute atomic E-state index is 0.0982. The minimum Gasteiger partial charge on any atom is -0.465 e. The summed E-state index contributed by atoms with van der Waals surface area (Å²) >= 11 is 0. The van der Waals surface area contributed by atoms with Crippen LogP contribution in [0.1, 0.15) is 25.3 Å². The van der Waals surface area contributed by atoms with Gasteiger partial charge in [-0.15, -0.1) is 6.58 Å². The third-order valence-electron chi connectivity index (χ3n) is 4.06. The maximum atomic E-state index is 12.5. The summed E-state index contributed by atoms with van der Waals surface area (Å²) in [5, 5.41) is 2.98. The number of nitrogens with one attached hydrogen (secondary N) is 1. The molecule has 124 valence electrons. The molecule has 1 aromatic rings. The van der Waals surface area contributed by atoms with Gasteiger partial charge < -0.3 is 10.1 Å². The Kier molecular flexibility index (Phi) is 5.93. The Morgan fingerprint density at radius 1 is 1.39 bits per heavy atom. The summed E-state index contributed by atoms with van der Waals surface area (Å²) in [4.78, 5) is 26.1. The number of carbonyl (C=O) groups excluding carboxylic acids is 2. The van der Waals surface area contributed by atoms with E-state index in [9.17, 15) is 9.59 Å². The standard InChI is InChI=1S/C18H24N2O3/c1-4-11-20-12-15(19-13(3)21)16(14-9-7-6-8-10-14)17(20)18(22)23-5-2/h4,6-10,15-17H,1,5,11-12H2,2-3H3,(H,19,21)/t15-,16+,17+/m1/s1. The Morgan fingerprint density at radius 3 is 2.65 bits per heavy atom. The fraction of sp³-hybridized carbons (Fsp3) is 0.444. The van der Waals surface area contributed by atoms with Crippen LogP contribution in [0.4, 0.5) is 0 Å². The molecule has 0 spiro atoms. The van der Waals surface area contributed by atoms with Crippen molar-refractivity contribution in [2.24, 2.45) is 0 Å². The lowest BCUT2D eigenvalue weighted by molar-refractivity contribution is -0.148. The maximum Gasteiger partial charge on any atom is 0.324 e. The number of benzene rings is 1. The molecule has 0 radical (unpaired) electrons. The Hall–Kier alpha value is -2.14. The first-order chi connectivity index (χ1) is 11.1. The molecule has 1 saturated heterocycles. The van der Waals surface area contributed by atoms with Gasteiger partial charge in [-0.25, -0.2) is 0 Å². The fourth-order valence-electron chi connectivity index (χ4n) is 3.29. The van der Waals surface area contributed by atoms with Crippen LogP contribution in [0.15, 0.2) is 43.0 Å². The third kappa shape index (κ3) is 3.99. The fourth-order valence-corrected chi connectivity index (χ4v) is 3.29. The SMILES string of the molecule is C=CCN1C[C@@H](NC(C)=O)[C@H](c2ccccc2)[C@H]1C(=O)OCC. The van der Waals surface area contributed by atoms with Gasteiger partial charge >= 0.3 is 5.97 Å². The molecule has 1 aliphatic heterocycles. The summed E-state index contributed by atoms with van der Waals surface area (Å²) in [5.41, 5.74) is 1.02. The lowest BCUT2D eigenvalue weighted by atomic mass is 9.88. The zero-order valence-electron chi connectivity index (χ0n) is 13.7. The van der Waals surface area contributed by atoms with E-state index in [2.05, 4.69) is 11.9 Å². The average Bonchev–Trinajstić information content (AvgIpc) is 2.86. The van der Waals surface area contributed by atoms with Gasteiger partial charge in [-0.1, -0.05) is 36.4 Å². The normalized spacial score (nSPS) is 24.2. The van der Waals surface area contributed by atoms with Crippen LogP contribution in [0.25, 0.3) is 0 Å². The Bertz CT molecular complexity index is 559. The largest absolute Gasteiger partial charge is 0.465 e. The van der Waals surface area contributed by atoms with E-state index in [1.807, 2.05) is 35.2 Å². The van der Waals surface area contributed by atoms with Gasteiger partial charge in [0.25, 0.3) is 0 Å². The summed E-state index contributed by atoms with van der Waals surface area (Å²) < 4.78 is 5.28. The molecular formula is C18H24N2O3. The first-order valence-electron chi connectivity index (χ1n) is 7.92. The van der Waals surface area contributed by atoms with Crippen LogP contribution < -0.4 is 5.32 Å². The maximum absolute atomic E-state index is 12.5. The second-order valence-electron chi connectivity index (χ2n) is 5.68. The van der Waals surface area contributed by atoms with E-state index in [1.165, 1.54) is 6.92 Å². The van der Waals surface area contributed by atoms with Gasteiger partial charge in [-0.05, 0) is 12.5 Å². The molecule has 0 unspecified atom stereocenters. The molecule has 1 fully saturated rings. The number of amides is 1. The zero-order valence-corrected chi connectivity index (χ0v) is 13.7. The Labute approximate surface area is 137 Å². The molecule has 3 atom stereocenters. The van der Waals surface area contributed by atoms with Crippen molar-refractivity contribution in [3.63, 3.8) is 0 Å². The van der Waals surface area contributed by atoms with E-state index in [0.29, 0.717) is 19.7 Å². The molecule has 5 nitrogen and oxygen atoms in total. The molecule has 0 aromatic heterocycles. The quantitative estimate of drug-likeness (QED) is 0.641. The number of nitrogens with zero attached hydrogens (tertiary/aromatic N) is 1. The summed E-state index contributed by atoms with van der Waals surface area (Å²) in [6, 6.07) is 9.24. The number of esters is 1. The minimum atomic E-state index is -0.424. The third-order valence-corrected chi connectivity index (χ3v) is 4.06. The van der Waals surface area contributed by atoms with Crippen molar-refractivity contribution >= 4 is 11.9 Å². The van der Waals surface area contributed by atoms with Crippen molar-refractivity contribution in [3.8, 4) is 0 Å². The van der Waals surface area contributed by atoms with Crippen molar-refractivity contribution in [2.45, 2.75) is 31.8 Å². The summed E-state index contributed by atoms with van der Waals surface area (Å²) in [6.07, 6.45) is 1.77. The molecule has 2 rings (SSSR count). The highest BCUT2D eigenvalue weighted by Crippen LogP contribution is 2.34. The van der Waals surface area contributed by atoms with E-state index in [0.717, 1.165) is 5.56 Å². The van der Waals surface area contributed by atoms with Crippen LogP contribution >= 0.6 is 0 Å². The van der Waals surface area contributed by atoms with Gasteiger partial charge in [0.05, 0.1) is 12.6 Å². The lowest BCUT2D eigenvalue weighted by Crippen LogP contribution is -2.41. The van der Waals surface area contributed by atoms with Crippen molar-refractivity contribution in [1.29, 1.82) is 0 Å². The van der Waals surface area contributed by atoms with Crippen LogP contribution in [0.2, 0.25) is 0 Å². The summed E-state index contributed by atoms with van der Waals surface area (Å²) in [6.45, 7) is 8.56. The summed E-state index contributed by atoms with van der Waals surface area (Å²) in [5.74, 6) is -0.492. The van der Waals surface area contributed by atoms with Gasteiger partial charge in [0.15, 0.2) is 0 Å². The highest BCUT2D eigenvalue weighted by molar-refractivity contribution is 5.79. The van der Waals surface area contributed by atoms with Crippen molar-refractivity contribution in [3.05, 3.63) is 48.6 Å². The monoisotopic (exact) mass is 316 g/mol. The van der Waals surface area contributed by atoms with E-state index < -0.39 is 6.04 Å². The lowest BCUT2D eigenvalue weighted by Gasteiger charge is -2.26. The van der Waals surface area contributed by atoms with E-state index in [4.69, 9.17) is 4.74 Å². The second kappa shape index (κ2) is 7.92. The van der Waals surface area contributed by atoms with Crippen molar-refractivity contribution < 1.29 is 14.3 Å². The number of hydrogen-bond donors (Lipinski definition) is 1. The second-order valence-corrected chi connectivity index (χ2v) is 5.68. The van der Waals surface area contributed by atoms with Crippen LogP contribution in [0, 0.1) is 0 Å². The van der Waals surface area contributed by atoms with Crippen LogP contribution in [0.3, 0.4) is 0 Å². The van der Waals surface area contributed by atoms with E-state index in [1.54, 1.807) is 13.0 Å². The number of likely N-dealkylation sites (tertiary alicyclic amines) is 1. The molecule has 5 heteroatoms. The number of carbonyl (C=O) groups is 2. The van der Waals surface area contributed by atoms with Gasteiger partial charge in [0.1, 0.15) is 6.04 Å². The van der Waals surface area contributed by atoms with E-state index in [-0.39, 0.29) is 23.8 Å².